The number of carbonyl (C=O) groups is 1. The van der Waals surface area contributed by atoms with Crippen LogP contribution in [0.1, 0.15) is 32.4 Å². The molecule has 0 fully saturated rings. The first-order valence-corrected chi connectivity index (χ1v) is 9.27. The summed E-state index contributed by atoms with van der Waals surface area (Å²) in [4.78, 5) is 14.8. The Morgan fingerprint density at radius 1 is 1.22 bits per heavy atom. The van der Waals surface area contributed by atoms with Gasteiger partial charge in [0.2, 0.25) is 0 Å². The van der Waals surface area contributed by atoms with Gasteiger partial charge in [-0.3, -0.25) is 0 Å². The Kier molecular flexibility index (Phi) is 5.37. The maximum Gasteiger partial charge on any atom is 0.338 e. The zero-order valence-electron chi connectivity index (χ0n) is 16.2. The van der Waals surface area contributed by atoms with Crippen molar-refractivity contribution in [2.75, 3.05) is 14.2 Å². The highest BCUT2D eigenvalue weighted by Gasteiger charge is 2.36. The van der Waals surface area contributed by atoms with Crippen LogP contribution in [-0.4, -0.2) is 36.2 Å². The maximum absolute atomic E-state index is 13.0. The van der Waals surface area contributed by atoms with Gasteiger partial charge in [0.05, 0.1) is 24.8 Å². The molecule has 27 heavy (non-hydrogen) atoms. The third kappa shape index (κ3) is 3.49. The van der Waals surface area contributed by atoms with Crippen LogP contribution in [0.2, 0.25) is 0 Å². The van der Waals surface area contributed by atoms with Gasteiger partial charge < -0.3 is 19.7 Å². The summed E-state index contributed by atoms with van der Waals surface area (Å²) in [6.45, 7) is 5.56. The van der Waals surface area contributed by atoms with Crippen molar-refractivity contribution < 1.29 is 14.3 Å². The molecule has 0 spiro atoms. The fraction of sp³-hybridized carbons (Fsp3) is 0.333. The Bertz CT molecular complexity index is 936. The summed E-state index contributed by atoms with van der Waals surface area (Å²) in [6.07, 6.45) is -0.216. The summed E-state index contributed by atoms with van der Waals surface area (Å²) < 4.78 is 11.2. The van der Waals surface area contributed by atoms with E-state index in [-0.39, 0.29) is 12.1 Å². The zero-order valence-corrected chi connectivity index (χ0v) is 17.0. The first-order valence-electron chi connectivity index (χ1n) is 8.86. The van der Waals surface area contributed by atoms with E-state index in [9.17, 15) is 4.79 Å². The second-order valence-corrected chi connectivity index (χ2v) is 7.18. The Balaban J connectivity index is 2.26. The molecule has 2 aromatic rings. The fourth-order valence-electron chi connectivity index (χ4n) is 3.35. The molecule has 6 heteroatoms. The number of allylic oxidation sites excluding steroid dienone is 1. The lowest BCUT2D eigenvalue weighted by Crippen LogP contribution is -2.46. The van der Waals surface area contributed by atoms with Crippen molar-refractivity contribution in [3.05, 3.63) is 53.2 Å². The van der Waals surface area contributed by atoms with Crippen molar-refractivity contribution in [3.8, 4) is 5.75 Å². The van der Waals surface area contributed by atoms with E-state index in [2.05, 4.69) is 5.32 Å². The van der Waals surface area contributed by atoms with E-state index in [1.165, 1.54) is 0 Å². The van der Waals surface area contributed by atoms with E-state index < -0.39 is 6.04 Å². The molecule has 2 aromatic carbocycles. The van der Waals surface area contributed by atoms with Crippen LogP contribution in [0.15, 0.2) is 47.7 Å². The summed E-state index contributed by atoms with van der Waals surface area (Å²) in [5.74, 6) is 0.338. The minimum absolute atomic E-state index is 0.216. The third-order valence-electron chi connectivity index (χ3n) is 4.76. The first kappa shape index (κ1) is 19.2. The standard InChI is InChI=1S/C21H24N2O3S/c1-12(2)26-20(24)17-13(3)23(4)21(27)22-19(17)18-15-9-7-6-8-14(15)10-11-16(18)25-5/h6-12,19H,1-5H3,(H,22,27). The first-order chi connectivity index (χ1) is 12.8. The molecular formula is C21H24N2O3S. The second-order valence-electron chi connectivity index (χ2n) is 6.80. The summed E-state index contributed by atoms with van der Waals surface area (Å²) in [5.41, 5.74) is 2.18. The number of nitrogens with zero attached hydrogens (tertiary/aromatic N) is 1. The van der Waals surface area contributed by atoms with E-state index in [0.29, 0.717) is 16.4 Å². The number of fused-ring (bicyclic) bond motifs is 1. The topological polar surface area (TPSA) is 50.8 Å². The normalized spacial score (nSPS) is 17.3. The van der Waals surface area contributed by atoms with Crippen molar-refractivity contribution in [1.82, 2.24) is 10.2 Å². The second kappa shape index (κ2) is 7.56. The lowest BCUT2D eigenvalue weighted by molar-refractivity contribution is -0.143. The summed E-state index contributed by atoms with van der Waals surface area (Å²) in [5, 5.41) is 5.92. The fourth-order valence-corrected chi connectivity index (χ4v) is 3.60. The molecule has 0 saturated heterocycles. The van der Waals surface area contributed by atoms with Crippen LogP contribution in [0, 0.1) is 0 Å². The van der Waals surface area contributed by atoms with Crippen LogP contribution in [-0.2, 0) is 9.53 Å². The van der Waals surface area contributed by atoms with E-state index in [4.69, 9.17) is 21.7 Å². The molecule has 1 heterocycles. The maximum atomic E-state index is 13.0. The van der Waals surface area contributed by atoms with Crippen LogP contribution >= 0.6 is 12.2 Å². The number of hydrogen-bond acceptors (Lipinski definition) is 4. The molecule has 1 N–H and O–H groups in total. The van der Waals surface area contributed by atoms with Gasteiger partial charge in [-0.05, 0) is 49.8 Å². The number of hydrogen-bond donors (Lipinski definition) is 1. The highest BCUT2D eigenvalue weighted by molar-refractivity contribution is 7.80. The van der Waals surface area contributed by atoms with Gasteiger partial charge in [-0.1, -0.05) is 30.3 Å². The Labute approximate surface area is 164 Å². The van der Waals surface area contributed by atoms with Gasteiger partial charge in [-0.15, -0.1) is 0 Å². The molecule has 0 saturated carbocycles. The molecular weight excluding hydrogens is 360 g/mol. The average Bonchev–Trinajstić information content (AvgIpc) is 2.64. The zero-order chi connectivity index (χ0) is 19.7. The molecule has 0 aromatic heterocycles. The van der Waals surface area contributed by atoms with Crippen molar-refractivity contribution in [3.63, 3.8) is 0 Å². The Morgan fingerprint density at radius 3 is 2.59 bits per heavy atom. The van der Waals surface area contributed by atoms with Gasteiger partial charge in [0.25, 0.3) is 0 Å². The number of thiocarbonyl (C=S) groups is 1. The molecule has 0 radical (unpaired) electrons. The number of nitrogens with one attached hydrogen (secondary N) is 1. The van der Waals surface area contributed by atoms with Gasteiger partial charge in [0.15, 0.2) is 5.11 Å². The van der Waals surface area contributed by atoms with Crippen LogP contribution in [0.5, 0.6) is 5.75 Å². The van der Waals surface area contributed by atoms with Crippen LogP contribution in [0.25, 0.3) is 10.8 Å². The van der Waals surface area contributed by atoms with E-state index >= 15 is 0 Å². The SMILES string of the molecule is COc1ccc2ccccc2c1C1NC(=S)N(C)C(C)=C1C(=O)OC(C)C. The number of methoxy groups -OCH3 is 1. The molecule has 1 atom stereocenters. The van der Waals surface area contributed by atoms with Crippen molar-refractivity contribution in [2.24, 2.45) is 0 Å². The summed E-state index contributed by atoms with van der Waals surface area (Å²) in [6, 6.07) is 11.5. The van der Waals surface area contributed by atoms with Crippen molar-refractivity contribution >= 4 is 34.1 Å². The monoisotopic (exact) mass is 384 g/mol. The largest absolute Gasteiger partial charge is 0.496 e. The number of carbonyl (C=O) groups excluding carboxylic acids is 1. The van der Waals surface area contributed by atoms with Crippen molar-refractivity contribution in [1.29, 1.82) is 0 Å². The van der Waals surface area contributed by atoms with Gasteiger partial charge in [-0.2, -0.15) is 0 Å². The minimum atomic E-state index is -0.457. The lowest BCUT2D eigenvalue weighted by atomic mass is 9.90. The van der Waals surface area contributed by atoms with E-state index in [0.717, 1.165) is 22.0 Å². The highest BCUT2D eigenvalue weighted by atomic mass is 32.1. The smallest absolute Gasteiger partial charge is 0.338 e. The molecule has 5 nitrogen and oxygen atoms in total. The minimum Gasteiger partial charge on any atom is -0.496 e. The number of benzene rings is 2. The third-order valence-corrected chi connectivity index (χ3v) is 5.15. The molecule has 1 aliphatic rings. The van der Waals surface area contributed by atoms with Gasteiger partial charge in [0, 0.05) is 18.3 Å². The Hall–Kier alpha value is -2.60. The van der Waals surface area contributed by atoms with Gasteiger partial charge >= 0.3 is 5.97 Å². The number of ether oxygens (including phenoxy) is 2. The summed E-state index contributed by atoms with van der Waals surface area (Å²) >= 11 is 5.50. The Morgan fingerprint density at radius 2 is 1.93 bits per heavy atom. The molecule has 142 valence electrons. The van der Waals surface area contributed by atoms with Gasteiger partial charge in [-0.25, -0.2) is 4.79 Å². The number of esters is 1. The lowest BCUT2D eigenvalue weighted by Gasteiger charge is -2.36. The predicted molar refractivity (Wildman–Crippen MR) is 111 cm³/mol. The molecule has 1 unspecified atom stereocenters. The molecule has 3 rings (SSSR count). The van der Waals surface area contributed by atoms with Gasteiger partial charge in [0.1, 0.15) is 5.75 Å². The van der Waals surface area contributed by atoms with E-state index in [1.807, 2.05) is 64.2 Å². The van der Waals surface area contributed by atoms with E-state index in [1.54, 1.807) is 12.0 Å². The summed E-state index contributed by atoms with van der Waals surface area (Å²) in [7, 11) is 3.47. The molecule has 0 amide bonds. The molecule has 0 aliphatic carbocycles. The average molecular weight is 385 g/mol. The highest BCUT2D eigenvalue weighted by Crippen LogP contribution is 2.39. The van der Waals surface area contributed by atoms with Crippen molar-refractivity contribution in [2.45, 2.75) is 32.9 Å². The molecule has 0 bridgehead atoms. The van der Waals surface area contributed by atoms with Crippen LogP contribution in [0.4, 0.5) is 0 Å². The number of rotatable bonds is 4. The molecule has 1 aliphatic heterocycles. The quantitative estimate of drug-likeness (QED) is 0.637. The van der Waals surface area contributed by atoms with Crippen LogP contribution < -0.4 is 10.1 Å². The van der Waals surface area contributed by atoms with Crippen LogP contribution in [0.3, 0.4) is 0 Å². The predicted octanol–water partition coefficient (Wildman–Crippen LogP) is 3.94.